The molecule has 10 heteroatoms. The number of carbonyl (C=O) groups excluding carboxylic acids is 2. The largest absolute Gasteiger partial charge is 0.508 e. The molecule has 4 aliphatic rings. The van der Waals surface area contributed by atoms with Crippen molar-refractivity contribution in [1.29, 1.82) is 0 Å². The van der Waals surface area contributed by atoms with Crippen molar-refractivity contribution in [3.8, 4) is 0 Å². The smallest absolute Gasteiger partial charge is 0.480 e. The maximum atomic E-state index is 12.7. The van der Waals surface area contributed by atoms with E-state index in [1.54, 1.807) is 0 Å². The lowest BCUT2D eigenvalue weighted by molar-refractivity contribution is -0.144. The van der Waals surface area contributed by atoms with Crippen LogP contribution in [0.25, 0.3) is 5.57 Å². The number of hydrogen-bond acceptors (Lipinski definition) is 8. The number of aliphatic carboxylic acids is 1. The number of nitrogens with zero attached hydrogens (tertiary/aromatic N) is 2. The number of amides is 1. The Bertz CT molecular complexity index is 1610. The fraction of sp³-hybridized carbons (Fsp3) is 0.550. The fourth-order valence-electron chi connectivity index (χ4n) is 9.38. The minimum atomic E-state index is -1.03. The number of ether oxygens (including phenoxy) is 2. The molecule has 2 saturated carbocycles. The number of allylic oxidation sites excluding steroid dienone is 3. The number of aryl methyl sites for hydroxylation is 1. The van der Waals surface area contributed by atoms with Crippen LogP contribution in [-0.2, 0) is 25.6 Å². The summed E-state index contributed by atoms with van der Waals surface area (Å²) in [6.45, 7) is 7.26. The number of pyridine rings is 1. The molecule has 2 aromatic rings. The van der Waals surface area contributed by atoms with Crippen molar-refractivity contribution < 1.29 is 29.0 Å². The summed E-state index contributed by atoms with van der Waals surface area (Å²) < 4.78 is 11.2. The molecule has 0 unspecified atom stereocenters. The van der Waals surface area contributed by atoms with Crippen LogP contribution in [0.2, 0.25) is 0 Å². The summed E-state index contributed by atoms with van der Waals surface area (Å²) in [7, 11) is 3.04. The molecule has 2 fully saturated rings. The van der Waals surface area contributed by atoms with E-state index in [1.165, 1.54) is 61.6 Å². The molecule has 268 valence electrons. The van der Waals surface area contributed by atoms with Gasteiger partial charge in [-0.1, -0.05) is 83.5 Å². The van der Waals surface area contributed by atoms with Gasteiger partial charge in [-0.2, -0.15) is 0 Å². The first-order valence-corrected chi connectivity index (χ1v) is 20.5. The number of rotatable bonds is 13. The van der Waals surface area contributed by atoms with Gasteiger partial charge in [0, 0.05) is 43.3 Å². The molecule has 0 radical (unpaired) electrons. The van der Waals surface area contributed by atoms with Gasteiger partial charge in [0.15, 0.2) is 0 Å². The maximum Gasteiger partial charge on any atom is 0.508 e. The summed E-state index contributed by atoms with van der Waals surface area (Å²) in [5.41, 5.74) is 6.72. The van der Waals surface area contributed by atoms with Crippen LogP contribution in [0.4, 0.5) is 4.79 Å². The molecule has 1 heterocycles. The van der Waals surface area contributed by atoms with Gasteiger partial charge in [-0.25, -0.2) is 4.79 Å². The number of carbonyl (C=O) groups is 3. The van der Waals surface area contributed by atoms with Crippen molar-refractivity contribution in [2.24, 2.45) is 28.6 Å². The van der Waals surface area contributed by atoms with Crippen molar-refractivity contribution in [2.45, 2.75) is 84.8 Å². The summed E-state index contributed by atoms with van der Waals surface area (Å²) in [6.07, 6.45) is 15.8. The molecule has 6 rings (SSSR count). The Balaban J connectivity index is 0.912. The molecule has 1 aromatic heterocycles. The van der Waals surface area contributed by atoms with Crippen LogP contribution in [0, 0.1) is 35.5 Å². The highest BCUT2D eigenvalue weighted by molar-refractivity contribution is 8.76. The van der Waals surface area contributed by atoms with E-state index in [1.807, 2.05) is 42.7 Å². The van der Waals surface area contributed by atoms with E-state index in [0.717, 1.165) is 37.7 Å². The molecule has 8 nitrogen and oxygen atoms in total. The van der Waals surface area contributed by atoms with Gasteiger partial charge in [-0.05, 0) is 102 Å². The van der Waals surface area contributed by atoms with Gasteiger partial charge in [0.05, 0.1) is 0 Å². The molecule has 0 bridgehead atoms. The van der Waals surface area contributed by atoms with E-state index in [4.69, 9.17) is 9.47 Å². The lowest BCUT2D eigenvalue weighted by atomic mass is 9.47. The highest BCUT2D eigenvalue weighted by atomic mass is 33.1. The third-order valence-corrected chi connectivity index (χ3v) is 14.2. The Morgan fingerprint density at radius 3 is 2.54 bits per heavy atom. The fourth-order valence-corrected chi connectivity index (χ4v) is 11.2. The van der Waals surface area contributed by atoms with Crippen LogP contribution in [0.3, 0.4) is 0 Å². The number of fused-ring (bicyclic) bond motifs is 5. The average molecular weight is 719 g/mol. The third-order valence-electron chi connectivity index (χ3n) is 11.9. The zero-order valence-electron chi connectivity index (χ0n) is 29.5. The van der Waals surface area contributed by atoms with Gasteiger partial charge in [-0.3, -0.25) is 14.6 Å². The van der Waals surface area contributed by atoms with E-state index in [2.05, 4.69) is 44.0 Å². The Hall–Kier alpha value is -3.24. The second-order valence-corrected chi connectivity index (χ2v) is 17.6. The van der Waals surface area contributed by atoms with Gasteiger partial charge in [0.2, 0.25) is 5.91 Å². The normalized spacial score (nSPS) is 28.3. The van der Waals surface area contributed by atoms with E-state index < -0.39 is 12.1 Å². The molecule has 1 aromatic carbocycles. The molecule has 4 aliphatic carbocycles. The minimum Gasteiger partial charge on any atom is -0.480 e. The Morgan fingerprint density at radius 1 is 0.980 bits per heavy atom. The second-order valence-electron chi connectivity index (χ2n) is 14.9. The van der Waals surface area contributed by atoms with Crippen molar-refractivity contribution in [3.05, 3.63) is 83.2 Å². The van der Waals surface area contributed by atoms with E-state index in [0.29, 0.717) is 29.3 Å². The number of benzene rings is 1. The minimum absolute atomic E-state index is 0.154. The Kier molecular flexibility index (Phi) is 11.7. The Labute approximate surface area is 304 Å². The molecule has 0 saturated heterocycles. The SMILES string of the molecule is Cc1cncc(C2=CC[C@H]3[C@@H]4CC=C5C[C@@H](OC(=O)OCCSSCCC(=O)N(CC(=O)O)Cc6ccccc6)CC[C@]5(C)[C@H]4CC[C@]23C)c1. The summed E-state index contributed by atoms with van der Waals surface area (Å²) >= 11 is 0. The molecule has 50 heavy (non-hydrogen) atoms. The Morgan fingerprint density at radius 2 is 1.76 bits per heavy atom. The van der Waals surface area contributed by atoms with Gasteiger partial charge in [0.1, 0.15) is 19.3 Å². The molecule has 1 amide bonds. The lowest BCUT2D eigenvalue weighted by Crippen LogP contribution is -2.50. The van der Waals surface area contributed by atoms with Crippen LogP contribution in [0.15, 0.2) is 66.5 Å². The molecule has 0 aliphatic heterocycles. The number of aromatic nitrogens is 1. The molecular weight excluding hydrogens is 669 g/mol. The predicted molar refractivity (Wildman–Crippen MR) is 199 cm³/mol. The lowest BCUT2D eigenvalue weighted by Gasteiger charge is -2.57. The van der Waals surface area contributed by atoms with Gasteiger partial charge in [-0.15, -0.1) is 0 Å². The standard InChI is InChI=1S/C40H50N2O6S2/c1-27-21-29(24-41-23-27)33-11-12-34-32-10-9-30-22-31(13-16-39(30,2)35(32)14-17-40(33,34)3)48-38(46)47-18-20-50-49-19-15-36(43)42(26-37(44)45)25-28-7-5-4-6-8-28/h4-9,11,21,23-24,31-32,34-35H,10,12-20,22,25-26H2,1-3H3,(H,44,45)/t31-,32-,34-,35-,39-,40+/m0/s1. The number of carboxylic acid groups (broad SMARTS) is 1. The number of hydrogen-bond donors (Lipinski definition) is 1. The van der Waals surface area contributed by atoms with Crippen molar-refractivity contribution in [3.63, 3.8) is 0 Å². The highest BCUT2D eigenvalue weighted by Crippen LogP contribution is 2.66. The maximum absolute atomic E-state index is 12.7. The molecule has 6 atom stereocenters. The van der Waals surface area contributed by atoms with Gasteiger partial charge >= 0.3 is 12.1 Å². The predicted octanol–water partition coefficient (Wildman–Crippen LogP) is 8.75. The zero-order valence-corrected chi connectivity index (χ0v) is 31.1. The summed E-state index contributed by atoms with van der Waals surface area (Å²) in [5.74, 6) is 1.87. The van der Waals surface area contributed by atoms with Crippen molar-refractivity contribution in [2.75, 3.05) is 24.7 Å². The summed E-state index contributed by atoms with van der Waals surface area (Å²) in [6, 6.07) is 11.7. The molecule has 0 spiro atoms. The van der Waals surface area contributed by atoms with Crippen LogP contribution in [-0.4, -0.2) is 63.8 Å². The van der Waals surface area contributed by atoms with Gasteiger partial charge in [0.25, 0.3) is 0 Å². The monoisotopic (exact) mass is 718 g/mol. The topological polar surface area (TPSA) is 106 Å². The highest BCUT2D eigenvalue weighted by Gasteiger charge is 2.57. The molecular formula is C40H50N2O6S2. The van der Waals surface area contributed by atoms with E-state index >= 15 is 0 Å². The summed E-state index contributed by atoms with van der Waals surface area (Å²) in [4.78, 5) is 42.5. The van der Waals surface area contributed by atoms with Gasteiger partial charge < -0.3 is 19.5 Å². The van der Waals surface area contributed by atoms with Crippen LogP contribution in [0.5, 0.6) is 0 Å². The second kappa shape index (κ2) is 16.0. The first-order valence-electron chi connectivity index (χ1n) is 18.0. The van der Waals surface area contributed by atoms with E-state index in [-0.39, 0.29) is 49.0 Å². The van der Waals surface area contributed by atoms with Crippen molar-refractivity contribution in [1.82, 2.24) is 9.88 Å². The summed E-state index contributed by atoms with van der Waals surface area (Å²) in [5, 5.41) is 9.25. The quantitative estimate of drug-likeness (QED) is 0.0942. The number of carboxylic acids is 1. The first-order chi connectivity index (χ1) is 24.1. The van der Waals surface area contributed by atoms with Crippen LogP contribution < -0.4 is 0 Å². The first kappa shape index (κ1) is 36.5. The van der Waals surface area contributed by atoms with Crippen LogP contribution in [0.1, 0.15) is 81.9 Å². The van der Waals surface area contributed by atoms with Crippen molar-refractivity contribution >= 4 is 45.2 Å². The van der Waals surface area contributed by atoms with Crippen LogP contribution >= 0.6 is 21.6 Å². The zero-order chi connectivity index (χ0) is 35.3. The van der Waals surface area contributed by atoms with E-state index in [9.17, 15) is 19.5 Å². The third kappa shape index (κ3) is 8.12. The molecule has 1 N–H and O–H groups in total. The average Bonchev–Trinajstić information content (AvgIpc) is 3.45.